The lowest BCUT2D eigenvalue weighted by Gasteiger charge is -2.13. The molecule has 1 fully saturated rings. The summed E-state index contributed by atoms with van der Waals surface area (Å²) in [4.78, 5) is 0.295. The largest absolute Gasteiger partial charge is 0.384 e. The highest BCUT2D eigenvalue weighted by atomic mass is 35.5. The van der Waals surface area contributed by atoms with E-state index in [1.807, 2.05) is 0 Å². The van der Waals surface area contributed by atoms with E-state index in [1.165, 1.54) is 12.1 Å². The molecular formula is C12H16ClNO3S. The summed E-state index contributed by atoms with van der Waals surface area (Å²) in [5.74, 6) is 0. The lowest BCUT2D eigenvalue weighted by molar-refractivity contribution is 0.145. The van der Waals surface area contributed by atoms with Crippen LogP contribution in [0.4, 0.5) is 0 Å². The summed E-state index contributed by atoms with van der Waals surface area (Å²) in [6.07, 6.45) is 0.558. The van der Waals surface area contributed by atoms with Gasteiger partial charge in [-0.05, 0) is 30.7 Å². The van der Waals surface area contributed by atoms with Crippen molar-refractivity contribution in [3.63, 3.8) is 0 Å². The van der Waals surface area contributed by atoms with Crippen molar-refractivity contribution >= 4 is 21.4 Å². The van der Waals surface area contributed by atoms with Gasteiger partial charge in [0.1, 0.15) is 0 Å². The fourth-order valence-electron chi connectivity index (χ4n) is 2.25. The van der Waals surface area contributed by atoms with Crippen LogP contribution >= 0.6 is 11.6 Å². The van der Waals surface area contributed by atoms with Crippen LogP contribution in [0.1, 0.15) is 6.42 Å². The van der Waals surface area contributed by atoms with Gasteiger partial charge in [0.2, 0.25) is 0 Å². The summed E-state index contributed by atoms with van der Waals surface area (Å²) < 4.78 is 29.9. The summed E-state index contributed by atoms with van der Waals surface area (Å²) in [6.45, 7) is 0.694. The van der Waals surface area contributed by atoms with Crippen molar-refractivity contribution in [1.29, 1.82) is 0 Å². The lowest BCUT2D eigenvalue weighted by atomic mass is 10.1. The van der Waals surface area contributed by atoms with Crippen molar-refractivity contribution in [2.75, 3.05) is 20.3 Å². The summed E-state index contributed by atoms with van der Waals surface area (Å²) in [6, 6.07) is 6.22. The van der Waals surface area contributed by atoms with Crippen LogP contribution in [0.15, 0.2) is 29.2 Å². The molecule has 0 saturated heterocycles. The minimum atomic E-state index is -3.34. The molecule has 4 nitrogen and oxygen atoms in total. The number of hydrogen-bond acceptors (Lipinski definition) is 4. The van der Waals surface area contributed by atoms with E-state index >= 15 is 0 Å². The highest BCUT2D eigenvalue weighted by Crippen LogP contribution is 2.51. The van der Waals surface area contributed by atoms with Gasteiger partial charge in [-0.15, -0.1) is 0 Å². The third-order valence-electron chi connectivity index (χ3n) is 3.47. The molecule has 1 aromatic carbocycles. The molecule has 0 unspecified atom stereocenters. The average molecular weight is 290 g/mol. The van der Waals surface area contributed by atoms with Gasteiger partial charge < -0.3 is 10.5 Å². The SMILES string of the molecule is COC[C@]1(CN)C[C@@H]1S(=O)(=O)c1ccc(Cl)cc1. The minimum absolute atomic E-state index is 0.295. The second kappa shape index (κ2) is 4.81. The molecule has 0 aliphatic heterocycles. The molecule has 2 N–H and O–H groups in total. The van der Waals surface area contributed by atoms with Crippen LogP contribution in [0.25, 0.3) is 0 Å². The van der Waals surface area contributed by atoms with Crippen molar-refractivity contribution in [2.24, 2.45) is 11.1 Å². The third-order valence-corrected chi connectivity index (χ3v) is 6.07. The van der Waals surface area contributed by atoms with E-state index in [4.69, 9.17) is 22.1 Å². The molecule has 1 aromatic rings. The fourth-order valence-corrected chi connectivity index (χ4v) is 4.59. The first kappa shape index (κ1) is 13.8. The number of methoxy groups -OCH3 is 1. The van der Waals surface area contributed by atoms with E-state index < -0.39 is 20.5 Å². The Kier molecular flexibility index (Phi) is 3.69. The number of nitrogens with two attached hydrogens (primary N) is 1. The highest BCUT2D eigenvalue weighted by Gasteiger charge is 2.60. The molecule has 100 valence electrons. The van der Waals surface area contributed by atoms with Gasteiger partial charge in [0.15, 0.2) is 9.84 Å². The zero-order valence-electron chi connectivity index (χ0n) is 10.1. The van der Waals surface area contributed by atoms with E-state index in [0.717, 1.165) is 0 Å². The Morgan fingerprint density at radius 1 is 1.44 bits per heavy atom. The highest BCUT2D eigenvalue weighted by molar-refractivity contribution is 7.92. The molecule has 0 heterocycles. The van der Waals surface area contributed by atoms with E-state index in [0.29, 0.717) is 29.5 Å². The van der Waals surface area contributed by atoms with Gasteiger partial charge in [0.05, 0.1) is 16.8 Å². The Morgan fingerprint density at radius 2 is 2.06 bits per heavy atom. The summed E-state index contributed by atoms with van der Waals surface area (Å²) in [7, 11) is -1.79. The van der Waals surface area contributed by atoms with Crippen molar-refractivity contribution in [3.05, 3.63) is 29.3 Å². The standard InChI is InChI=1S/C12H16ClNO3S/c1-17-8-12(7-14)6-11(12)18(15,16)10-4-2-9(13)3-5-10/h2-5,11H,6-8,14H2,1H3/t11-,12+/m0/s1. The van der Waals surface area contributed by atoms with Crippen LogP contribution in [0.2, 0.25) is 5.02 Å². The Morgan fingerprint density at radius 3 is 2.56 bits per heavy atom. The lowest BCUT2D eigenvalue weighted by Crippen LogP contribution is -2.28. The maximum atomic E-state index is 12.4. The van der Waals surface area contributed by atoms with Crippen molar-refractivity contribution in [3.8, 4) is 0 Å². The monoisotopic (exact) mass is 289 g/mol. The number of sulfone groups is 1. The van der Waals surface area contributed by atoms with E-state index in [9.17, 15) is 8.42 Å². The fraction of sp³-hybridized carbons (Fsp3) is 0.500. The second-order valence-electron chi connectivity index (χ2n) is 4.69. The summed E-state index contributed by atoms with van der Waals surface area (Å²) in [5, 5.41) is 0.0721. The van der Waals surface area contributed by atoms with Gasteiger partial charge >= 0.3 is 0 Å². The Bertz CT molecular complexity index is 529. The topological polar surface area (TPSA) is 69.4 Å². The van der Waals surface area contributed by atoms with E-state index in [-0.39, 0.29) is 0 Å². The van der Waals surface area contributed by atoms with Gasteiger partial charge in [0, 0.05) is 24.1 Å². The first-order valence-electron chi connectivity index (χ1n) is 5.65. The molecule has 2 rings (SSSR count). The summed E-state index contributed by atoms with van der Waals surface area (Å²) in [5.41, 5.74) is 5.26. The quantitative estimate of drug-likeness (QED) is 0.891. The molecule has 1 aliphatic rings. The first-order chi connectivity index (χ1) is 8.46. The van der Waals surface area contributed by atoms with E-state index in [1.54, 1.807) is 19.2 Å². The molecule has 18 heavy (non-hydrogen) atoms. The van der Waals surface area contributed by atoms with Crippen molar-refractivity contribution < 1.29 is 13.2 Å². The number of ether oxygens (including phenoxy) is 1. The second-order valence-corrected chi connectivity index (χ2v) is 7.26. The van der Waals surface area contributed by atoms with Crippen LogP contribution in [0.5, 0.6) is 0 Å². The molecule has 1 saturated carbocycles. The predicted molar refractivity (Wildman–Crippen MR) is 70.4 cm³/mol. The number of hydrogen-bond donors (Lipinski definition) is 1. The zero-order chi connectivity index (χ0) is 13.4. The average Bonchev–Trinajstić information content (AvgIpc) is 3.06. The molecule has 0 aromatic heterocycles. The van der Waals surface area contributed by atoms with Gasteiger partial charge in [0.25, 0.3) is 0 Å². The predicted octanol–water partition coefficient (Wildman–Crippen LogP) is 1.48. The normalized spacial score (nSPS) is 27.2. The maximum absolute atomic E-state index is 12.4. The third kappa shape index (κ3) is 2.28. The molecular weight excluding hydrogens is 274 g/mol. The molecule has 1 aliphatic carbocycles. The Labute approximate surface area is 112 Å². The van der Waals surface area contributed by atoms with Crippen LogP contribution in [0, 0.1) is 5.41 Å². The van der Waals surface area contributed by atoms with Crippen LogP contribution in [0.3, 0.4) is 0 Å². The molecule has 0 amide bonds. The Hall–Kier alpha value is -0.620. The molecule has 6 heteroatoms. The molecule has 0 spiro atoms. The molecule has 0 radical (unpaired) electrons. The number of rotatable bonds is 5. The van der Waals surface area contributed by atoms with Gasteiger partial charge in [-0.3, -0.25) is 0 Å². The number of halogens is 1. The van der Waals surface area contributed by atoms with Gasteiger partial charge in [-0.1, -0.05) is 11.6 Å². The first-order valence-corrected chi connectivity index (χ1v) is 7.57. The maximum Gasteiger partial charge on any atom is 0.181 e. The van der Waals surface area contributed by atoms with Crippen LogP contribution in [-0.2, 0) is 14.6 Å². The van der Waals surface area contributed by atoms with Crippen molar-refractivity contribution in [2.45, 2.75) is 16.6 Å². The number of benzene rings is 1. The smallest absolute Gasteiger partial charge is 0.181 e. The van der Waals surface area contributed by atoms with Gasteiger partial charge in [-0.2, -0.15) is 0 Å². The zero-order valence-corrected chi connectivity index (χ0v) is 11.7. The van der Waals surface area contributed by atoms with Crippen LogP contribution < -0.4 is 5.73 Å². The van der Waals surface area contributed by atoms with E-state index in [2.05, 4.69) is 0 Å². The summed E-state index contributed by atoms with van der Waals surface area (Å²) >= 11 is 5.76. The van der Waals surface area contributed by atoms with Gasteiger partial charge in [-0.25, -0.2) is 8.42 Å². The Balaban J connectivity index is 2.26. The molecule has 0 bridgehead atoms. The minimum Gasteiger partial charge on any atom is -0.384 e. The molecule has 2 atom stereocenters. The van der Waals surface area contributed by atoms with Crippen LogP contribution in [-0.4, -0.2) is 33.9 Å². The van der Waals surface area contributed by atoms with Crippen molar-refractivity contribution in [1.82, 2.24) is 0 Å².